The number of nitrogens with one attached hydrogen (secondary N) is 2. The van der Waals surface area contributed by atoms with E-state index in [9.17, 15) is 21.6 Å². The Balaban J connectivity index is 1.21. The van der Waals surface area contributed by atoms with Gasteiger partial charge in [-0.15, -0.1) is 0 Å². The molecule has 1 aliphatic heterocycles. The number of anilines is 3. The van der Waals surface area contributed by atoms with Crippen molar-refractivity contribution in [2.45, 2.75) is 30.1 Å². The van der Waals surface area contributed by atoms with E-state index in [0.717, 1.165) is 16.7 Å². The molecule has 9 nitrogen and oxygen atoms in total. The Morgan fingerprint density at radius 2 is 1.57 bits per heavy atom. The summed E-state index contributed by atoms with van der Waals surface area (Å²) in [4.78, 5) is 12.8. The second-order valence-corrected chi connectivity index (χ2v) is 13.8. The van der Waals surface area contributed by atoms with E-state index in [1.807, 2.05) is 26.0 Å². The number of hydrogen-bond acceptors (Lipinski definition) is 6. The van der Waals surface area contributed by atoms with Crippen molar-refractivity contribution in [1.82, 2.24) is 0 Å². The van der Waals surface area contributed by atoms with Crippen LogP contribution in [0.15, 0.2) is 94.7 Å². The molecule has 0 bridgehead atoms. The van der Waals surface area contributed by atoms with E-state index in [4.69, 9.17) is 16.3 Å². The lowest BCUT2D eigenvalue weighted by Gasteiger charge is -2.20. The van der Waals surface area contributed by atoms with E-state index in [0.29, 0.717) is 34.3 Å². The van der Waals surface area contributed by atoms with Crippen LogP contribution in [-0.2, 0) is 31.3 Å². The van der Waals surface area contributed by atoms with Gasteiger partial charge in [0.05, 0.1) is 21.2 Å². The third-order valence-corrected chi connectivity index (χ3v) is 10.2. The molecule has 0 atom stereocenters. The molecular formula is C30H28ClN3O6S2. The Morgan fingerprint density at radius 3 is 2.29 bits per heavy atom. The van der Waals surface area contributed by atoms with E-state index < -0.39 is 26.0 Å². The van der Waals surface area contributed by atoms with Crippen LogP contribution in [0.25, 0.3) is 0 Å². The van der Waals surface area contributed by atoms with Crippen molar-refractivity contribution in [1.29, 1.82) is 0 Å². The molecule has 0 unspecified atom stereocenters. The van der Waals surface area contributed by atoms with Crippen molar-refractivity contribution >= 4 is 54.6 Å². The van der Waals surface area contributed by atoms with Gasteiger partial charge in [-0.1, -0.05) is 29.8 Å². The number of rotatable bonds is 9. The van der Waals surface area contributed by atoms with Crippen LogP contribution in [-0.4, -0.2) is 35.9 Å². The number of aryl methyl sites for hydroxylation is 2. The maximum Gasteiger partial charge on any atom is 0.264 e. The SMILES string of the molecule is Cc1ccc(C)c(NS(=O)(=O)c2ccc(OCC(=O)Nc3ccc4c(c3)N(S(=O)(=O)c3ccc(Cl)cc3)CC4)cc2)c1. The van der Waals surface area contributed by atoms with Crippen LogP contribution in [0.5, 0.6) is 5.75 Å². The standard InChI is InChI=1S/C30H28ClN3O6S2/c1-20-3-4-21(2)28(17-20)33-41(36,37)26-13-9-25(10-14-26)40-19-30(35)32-24-8-5-22-15-16-34(29(22)18-24)42(38,39)27-11-6-23(31)7-12-27/h3-14,17-18,33H,15-16,19H2,1-2H3,(H,32,35). The number of halogens is 1. The highest BCUT2D eigenvalue weighted by molar-refractivity contribution is 7.93. The highest BCUT2D eigenvalue weighted by Crippen LogP contribution is 2.35. The molecule has 218 valence electrons. The Hall–Kier alpha value is -4.06. The summed E-state index contributed by atoms with van der Waals surface area (Å²) in [5.41, 5.74) is 4.00. The average Bonchev–Trinajstić information content (AvgIpc) is 3.38. The first-order valence-corrected chi connectivity index (χ1v) is 16.3. The molecule has 1 heterocycles. The van der Waals surface area contributed by atoms with Gasteiger partial charge in [0.2, 0.25) is 0 Å². The third-order valence-electron chi connectivity index (χ3n) is 6.76. The predicted molar refractivity (Wildman–Crippen MR) is 163 cm³/mol. The molecule has 42 heavy (non-hydrogen) atoms. The molecule has 0 saturated carbocycles. The molecule has 1 amide bonds. The summed E-state index contributed by atoms with van der Waals surface area (Å²) in [5, 5.41) is 3.16. The van der Waals surface area contributed by atoms with Crippen LogP contribution >= 0.6 is 11.6 Å². The minimum atomic E-state index is -3.82. The van der Waals surface area contributed by atoms with Gasteiger partial charge in [-0.05, 0) is 104 Å². The van der Waals surface area contributed by atoms with Crippen LogP contribution < -0.4 is 19.1 Å². The second kappa shape index (κ2) is 11.7. The van der Waals surface area contributed by atoms with Crippen molar-refractivity contribution in [3.05, 3.63) is 107 Å². The smallest absolute Gasteiger partial charge is 0.264 e. The normalized spacial score (nSPS) is 13.0. The summed E-state index contributed by atoms with van der Waals surface area (Å²) in [5.74, 6) is -0.154. The fourth-order valence-corrected chi connectivity index (χ4v) is 7.26. The summed E-state index contributed by atoms with van der Waals surface area (Å²) < 4.78 is 61.6. The van der Waals surface area contributed by atoms with Gasteiger partial charge in [-0.3, -0.25) is 13.8 Å². The van der Waals surface area contributed by atoms with Gasteiger partial charge in [-0.2, -0.15) is 0 Å². The molecule has 1 aliphatic rings. The first kappa shape index (κ1) is 29.4. The van der Waals surface area contributed by atoms with Crippen molar-refractivity contribution < 1.29 is 26.4 Å². The molecule has 0 spiro atoms. The summed E-state index contributed by atoms with van der Waals surface area (Å²) in [6.07, 6.45) is 0.547. The summed E-state index contributed by atoms with van der Waals surface area (Å²) in [7, 11) is -7.63. The maximum atomic E-state index is 13.2. The van der Waals surface area contributed by atoms with Gasteiger partial charge < -0.3 is 10.1 Å². The van der Waals surface area contributed by atoms with E-state index in [1.165, 1.54) is 52.8 Å². The van der Waals surface area contributed by atoms with Crippen molar-refractivity contribution in [3.63, 3.8) is 0 Å². The second-order valence-electron chi connectivity index (χ2n) is 9.86. The fraction of sp³-hybridized carbons (Fsp3) is 0.167. The lowest BCUT2D eigenvalue weighted by molar-refractivity contribution is -0.118. The van der Waals surface area contributed by atoms with E-state index in [2.05, 4.69) is 10.0 Å². The molecular weight excluding hydrogens is 598 g/mol. The van der Waals surface area contributed by atoms with Gasteiger partial charge in [0, 0.05) is 17.3 Å². The number of carbonyl (C=O) groups excluding carboxylic acids is 1. The molecule has 0 fully saturated rings. The first-order chi connectivity index (χ1) is 19.9. The number of amides is 1. The molecule has 5 rings (SSSR count). The Labute approximate surface area is 250 Å². The van der Waals surface area contributed by atoms with E-state index in [-0.39, 0.29) is 22.9 Å². The molecule has 4 aromatic rings. The number of nitrogens with zero attached hydrogens (tertiary/aromatic N) is 1. The lowest BCUT2D eigenvalue weighted by atomic mass is 10.1. The van der Waals surface area contributed by atoms with Gasteiger partial charge in [-0.25, -0.2) is 16.8 Å². The Bertz CT molecular complexity index is 1860. The Kier molecular flexibility index (Phi) is 8.18. The quantitative estimate of drug-likeness (QED) is 0.252. The maximum absolute atomic E-state index is 13.2. The molecule has 0 aliphatic carbocycles. The number of benzene rings is 4. The van der Waals surface area contributed by atoms with Gasteiger partial charge in [0.15, 0.2) is 6.61 Å². The lowest BCUT2D eigenvalue weighted by Crippen LogP contribution is -2.29. The number of hydrogen-bond donors (Lipinski definition) is 2. The molecule has 0 aromatic heterocycles. The van der Waals surface area contributed by atoms with Crippen LogP contribution in [0, 0.1) is 13.8 Å². The van der Waals surface area contributed by atoms with E-state index in [1.54, 1.807) is 24.3 Å². The molecule has 4 aromatic carbocycles. The largest absolute Gasteiger partial charge is 0.484 e. The van der Waals surface area contributed by atoms with E-state index >= 15 is 0 Å². The van der Waals surface area contributed by atoms with Crippen molar-refractivity contribution in [2.75, 3.05) is 27.5 Å². The van der Waals surface area contributed by atoms with Gasteiger partial charge in [0.25, 0.3) is 26.0 Å². The van der Waals surface area contributed by atoms with Crippen LogP contribution in [0.1, 0.15) is 16.7 Å². The molecule has 2 N–H and O–H groups in total. The summed E-state index contributed by atoms with van der Waals surface area (Å²) in [6.45, 7) is 3.65. The fourth-order valence-electron chi connectivity index (χ4n) is 4.52. The third kappa shape index (κ3) is 6.38. The minimum absolute atomic E-state index is 0.0523. The average molecular weight is 626 g/mol. The van der Waals surface area contributed by atoms with Crippen molar-refractivity contribution in [3.8, 4) is 5.75 Å². The number of ether oxygens (including phenoxy) is 1. The van der Waals surface area contributed by atoms with Crippen LogP contribution in [0.2, 0.25) is 5.02 Å². The monoisotopic (exact) mass is 625 g/mol. The molecule has 0 radical (unpaired) electrons. The highest BCUT2D eigenvalue weighted by atomic mass is 35.5. The number of sulfonamides is 2. The zero-order valence-electron chi connectivity index (χ0n) is 22.8. The Morgan fingerprint density at radius 1 is 0.881 bits per heavy atom. The van der Waals surface area contributed by atoms with Crippen LogP contribution in [0.3, 0.4) is 0 Å². The van der Waals surface area contributed by atoms with Crippen LogP contribution in [0.4, 0.5) is 17.1 Å². The molecule has 0 saturated heterocycles. The van der Waals surface area contributed by atoms with Gasteiger partial charge >= 0.3 is 0 Å². The van der Waals surface area contributed by atoms with Crippen molar-refractivity contribution in [2.24, 2.45) is 0 Å². The predicted octanol–water partition coefficient (Wildman–Crippen LogP) is 5.53. The zero-order valence-corrected chi connectivity index (χ0v) is 25.2. The van der Waals surface area contributed by atoms with Gasteiger partial charge in [0.1, 0.15) is 5.75 Å². The summed E-state index contributed by atoms with van der Waals surface area (Å²) in [6, 6.07) is 22.3. The topological polar surface area (TPSA) is 122 Å². The highest BCUT2D eigenvalue weighted by Gasteiger charge is 2.31. The first-order valence-electron chi connectivity index (χ1n) is 13.0. The number of fused-ring (bicyclic) bond motifs is 1. The minimum Gasteiger partial charge on any atom is -0.484 e. The number of carbonyl (C=O) groups is 1. The molecule has 12 heteroatoms. The summed E-state index contributed by atoms with van der Waals surface area (Å²) >= 11 is 5.91. The zero-order chi connectivity index (χ0) is 30.1.